The number of nitrogens with one attached hydrogen (secondary N) is 1. The Kier molecular flexibility index (Phi) is 10.5. The fourth-order valence-corrected chi connectivity index (χ4v) is 7.17. The van der Waals surface area contributed by atoms with Gasteiger partial charge in [-0.15, -0.1) is 0 Å². The summed E-state index contributed by atoms with van der Waals surface area (Å²) in [5, 5.41) is 12.2. The number of hydrogen-bond acceptors (Lipinski definition) is 8. The second-order valence-electron chi connectivity index (χ2n) is 13.8. The van der Waals surface area contributed by atoms with Crippen molar-refractivity contribution in [3.05, 3.63) is 162 Å². The number of likely N-dealkylation sites (tertiary alicyclic amines) is 1. The van der Waals surface area contributed by atoms with Crippen LogP contribution in [0.25, 0.3) is 22.2 Å². The van der Waals surface area contributed by atoms with E-state index in [1.165, 1.54) is 4.90 Å². The first kappa shape index (κ1) is 35.9. The van der Waals surface area contributed by atoms with Crippen LogP contribution in [0.2, 0.25) is 0 Å². The number of benzene rings is 5. The van der Waals surface area contributed by atoms with Gasteiger partial charge in [-0.3, -0.25) is 14.5 Å². The predicted octanol–water partition coefficient (Wildman–Crippen LogP) is 7.00. The lowest BCUT2D eigenvalue weighted by Gasteiger charge is -2.36. The average Bonchev–Trinajstić information content (AvgIpc) is 3.75. The molecular weight excluding hydrogens is 697 g/mol. The smallest absolute Gasteiger partial charge is 0.408 e. The number of aromatic nitrogens is 2. The first-order valence-electron chi connectivity index (χ1n) is 18.3. The molecule has 0 aliphatic carbocycles. The molecule has 11 heteroatoms. The van der Waals surface area contributed by atoms with Gasteiger partial charge in [-0.1, -0.05) is 103 Å². The molecule has 55 heavy (non-hydrogen) atoms. The van der Waals surface area contributed by atoms with Crippen molar-refractivity contribution in [2.45, 2.75) is 63.7 Å². The molecule has 3 amide bonds. The van der Waals surface area contributed by atoms with Crippen LogP contribution in [-0.4, -0.2) is 49.6 Å². The molecule has 0 radical (unpaired) electrons. The maximum absolute atomic E-state index is 13.2. The standard InChI is InChI=1S/C44H40N4O7/c49-26-29-16-18-32(19-17-29)40-22-36(25-47-28-45-37-14-4-5-15-39(37)47)54-43(55-40)35-13-7-12-34(21-35)33-11-6-10-31(20-33)24-48-41(50)23-38(42(48)51)46-44(52)53-27-30-8-2-1-3-9-30/h1-21,28,36,38,40,43,49H,22-27H2,(H,46,52). The summed E-state index contributed by atoms with van der Waals surface area (Å²) in [5.41, 5.74) is 8.02. The fraction of sp³-hybridized carbons (Fsp3) is 0.227. The molecule has 0 bridgehead atoms. The highest BCUT2D eigenvalue weighted by atomic mass is 16.7. The van der Waals surface area contributed by atoms with Crippen LogP contribution in [0.5, 0.6) is 0 Å². The van der Waals surface area contributed by atoms with Crippen molar-refractivity contribution >= 4 is 28.9 Å². The zero-order valence-electron chi connectivity index (χ0n) is 30.0. The average molecular weight is 737 g/mol. The molecule has 2 saturated heterocycles. The highest BCUT2D eigenvalue weighted by molar-refractivity contribution is 6.06. The van der Waals surface area contributed by atoms with Crippen LogP contribution in [-0.2, 0) is 50.1 Å². The van der Waals surface area contributed by atoms with Crippen LogP contribution >= 0.6 is 0 Å². The van der Waals surface area contributed by atoms with Gasteiger partial charge in [-0.25, -0.2) is 9.78 Å². The van der Waals surface area contributed by atoms with Crippen molar-refractivity contribution in [1.29, 1.82) is 0 Å². The van der Waals surface area contributed by atoms with E-state index in [9.17, 15) is 19.5 Å². The van der Waals surface area contributed by atoms with Gasteiger partial charge in [0, 0.05) is 12.0 Å². The van der Waals surface area contributed by atoms with Gasteiger partial charge < -0.3 is 29.2 Å². The van der Waals surface area contributed by atoms with E-state index in [2.05, 4.69) is 20.9 Å². The number of amides is 3. The third kappa shape index (κ3) is 8.19. The summed E-state index contributed by atoms with van der Waals surface area (Å²) in [5.74, 6) is -0.837. The Morgan fingerprint density at radius 3 is 2.36 bits per heavy atom. The summed E-state index contributed by atoms with van der Waals surface area (Å²) in [4.78, 5) is 44.4. The Morgan fingerprint density at radius 1 is 0.800 bits per heavy atom. The zero-order chi connectivity index (χ0) is 37.7. The Labute approximate surface area is 318 Å². The molecule has 278 valence electrons. The van der Waals surface area contributed by atoms with Crippen molar-refractivity contribution in [3.63, 3.8) is 0 Å². The number of imidazole rings is 1. The van der Waals surface area contributed by atoms with Crippen LogP contribution in [0.15, 0.2) is 134 Å². The molecule has 4 atom stereocenters. The minimum Gasteiger partial charge on any atom is -0.445 e. The Hall–Kier alpha value is -6.14. The van der Waals surface area contributed by atoms with Crippen molar-refractivity contribution in [3.8, 4) is 11.1 Å². The Balaban J connectivity index is 0.972. The van der Waals surface area contributed by atoms with Crippen molar-refractivity contribution < 1.29 is 33.7 Å². The fourth-order valence-electron chi connectivity index (χ4n) is 7.17. The third-order valence-corrected chi connectivity index (χ3v) is 10.1. The number of imide groups is 1. The second-order valence-corrected chi connectivity index (χ2v) is 13.8. The summed E-state index contributed by atoms with van der Waals surface area (Å²) < 4.78 is 20.7. The molecule has 2 N–H and O–H groups in total. The van der Waals surface area contributed by atoms with Crippen LogP contribution in [0, 0.1) is 0 Å². The Bertz CT molecular complexity index is 2310. The first-order valence-corrected chi connectivity index (χ1v) is 18.3. The van der Waals surface area contributed by atoms with Crippen LogP contribution < -0.4 is 5.32 Å². The number of carbonyl (C=O) groups excluding carboxylic acids is 3. The van der Waals surface area contributed by atoms with E-state index in [1.807, 2.05) is 128 Å². The number of alkyl carbamates (subject to hydrolysis) is 1. The second kappa shape index (κ2) is 16.1. The topological polar surface area (TPSA) is 132 Å². The molecule has 2 aliphatic heterocycles. The van der Waals surface area contributed by atoms with E-state index in [-0.39, 0.29) is 44.3 Å². The molecule has 8 rings (SSSR count). The number of ether oxygens (including phenoxy) is 3. The lowest BCUT2D eigenvalue weighted by atomic mass is 9.98. The van der Waals surface area contributed by atoms with Gasteiger partial charge in [-0.2, -0.15) is 0 Å². The largest absolute Gasteiger partial charge is 0.445 e. The van der Waals surface area contributed by atoms with Crippen molar-refractivity contribution in [2.75, 3.05) is 0 Å². The molecule has 3 heterocycles. The molecule has 0 spiro atoms. The molecule has 0 saturated carbocycles. The third-order valence-electron chi connectivity index (χ3n) is 10.1. The molecule has 4 unspecified atom stereocenters. The Morgan fingerprint density at radius 2 is 1.55 bits per heavy atom. The van der Waals surface area contributed by atoms with Gasteiger partial charge in [-0.05, 0) is 57.6 Å². The molecule has 6 aromatic rings. The monoisotopic (exact) mass is 736 g/mol. The van der Waals surface area contributed by atoms with E-state index in [0.717, 1.165) is 50.0 Å². The molecule has 2 fully saturated rings. The van der Waals surface area contributed by atoms with Crippen LogP contribution in [0.1, 0.15) is 53.1 Å². The number of hydrogen-bond donors (Lipinski definition) is 2. The van der Waals surface area contributed by atoms with Crippen LogP contribution in [0.4, 0.5) is 4.79 Å². The number of carbonyl (C=O) groups is 3. The quantitative estimate of drug-likeness (QED) is 0.136. The van der Waals surface area contributed by atoms with Gasteiger partial charge in [0.1, 0.15) is 12.6 Å². The summed E-state index contributed by atoms with van der Waals surface area (Å²) in [7, 11) is 0. The first-order chi connectivity index (χ1) is 26.9. The normalized spacial score (nSPS) is 19.8. The summed E-state index contributed by atoms with van der Waals surface area (Å²) in [6.45, 7) is 0.683. The highest BCUT2D eigenvalue weighted by Crippen LogP contribution is 2.39. The van der Waals surface area contributed by atoms with E-state index < -0.39 is 24.3 Å². The minimum atomic E-state index is -0.987. The number of fused-ring (bicyclic) bond motifs is 1. The number of nitrogens with zero attached hydrogens (tertiary/aromatic N) is 3. The SMILES string of the molecule is O=C(NC1CC(=O)N(Cc2cccc(-c3cccc(C4OC(Cn5cnc6ccccc65)CC(c5ccc(CO)cc5)O4)c3)c2)C1=O)OCc1ccccc1. The van der Waals surface area contributed by atoms with Gasteiger partial charge in [0.2, 0.25) is 5.91 Å². The highest BCUT2D eigenvalue weighted by Gasteiger charge is 2.40. The number of aliphatic hydroxyl groups excluding tert-OH is 1. The van der Waals surface area contributed by atoms with Gasteiger partial charge >= 0.3 is 6.09 Å². The van der Waals surface area contributed by atoms with Crippen molar-refractivity contribution in [2.24, 2.45) is 0 Å². The maximum atomic E-state index is 13.2. The molecular formula is C44H40N4O7. The van der Waals surface area contributed by atoms with Gasteiger partial charge in [0.05, 0.1) is 55.7 Å². The van der Waals surface area contributed by atoms with E-state index in [0.29, 0.717) is 13.0 Å². The van der Waals surface area contributed by atoms with Gasteiger partial charge in [0.15, 0.2) is 6.29 Å². The molecule has 1 aromatic heterocycles. The summed E-state index contributed by atoms with van der Waals surface area (Å²) in [6.07, 6.45) is 0.483. The predicted molar refractivity (Wildman–Crippen MR) is 204 cm³/mol. The lowest BCUT2D eigenvalue weighted by molar-refractivity contribution is -0.252. The molecule has 11 nitrogen and oxygen atoms in total. The molecule has 5 aromatic carbocycles. The zero-order valence-corrected chi connectivity index (χ0v) is 30.0. The number of rotatable bonds is 11. The van der Waals surface area contributed by atoms with Crippen molar-refractivity contribution in [1.82, 2.24) is 19.8 Å². The lowest BCUT2D eigenvalue weighted by Crippen LogP contribution is -2.41. The maximum Gasteiger partial charge on any atom is 0.408 e. The van der Waals surface area contributed by atoms with E-state index in [4.69, 9.17) is 14.2 Å². The summed E-state index contributed by atoms with van der Waals surface area (Å²) in [6, 6.07) is 39.7. The van der Waals surface area contributed by atoms with Gasteiger partial charge in [0.25, 0.3) is 5.91 Å². The number of para-hydroxylation sites is 2. The minimum absolute atomic E-state index is 0.0315. The van der Waals surface area contributed by atoms with E-state index in [1.54, 1.807) is 0 Å². The van der Waals surface area contributed by atoms with E-state index >= 15 is 0 Å². The number of aliphatic hydroxyl groups is 1. The van der Waals surface area contributed by atoms with Crippen LogP contribution in [0.3, 0.4) is 0 Å². The molecule has 2 aliphatic rings. The summed E-state index contributed by atoms with van der Waals surface area (Å²) >= 11 is 0.